The van der Waals surface area contributed by atoms with Crippen LogP contribution in [0.5, 0.6) is 11.5 Å². The van der Waals surface area contributed by atoms with Crippen LogP contribution in [-0.2, 0) is 27.2 Å². The lowest BCUT2D eigenvalue weighted by molar-refractivity contribution is -0.161. The number of alkyl halides is 2. The second-order valence-electron chi connectivity index (χ2n) is 14.2. The molecule has 290 valence electrons. The molecule has 4 aromatic rings. The van der Waals surface area contributed by atoms with Gasteiger partial charge >= 0.3 is 18.6 Å². The number of halogens is 5. The summed E-state index contributed by atoms with van der Waals surface area (Å²) in [5, 5.41) is 3.66. The summed E-state index contributed by atoms with van der Waals surface area (Å²) in [4.78, 5) is 33.8. The fourth-order valence-corrected chi connectivity index (χ4v) is 7.60. The highest BCUT2D eigenvalue weighted by Gasteiger charge is 2.38. The molecular formula is C41H40Cl2F3N3O6. The molecule has 0 spiro atoms. The Hall–Kier alpha value is -4.36. The molecule has 3 saturated heterocycles. The van der Waals surface area contributed by atoms with E-state index in [0.29, 0.717) is 35.8 Å². The number of carbonyl (C=O) groups excluding carboxylic acids is 2. The van der Waals surface area contributed by atoms with Crippen molar-refractivity contribution in [3.63, 3.8) is 0 Å². The average molecular weight is 799 g/mol. The molecule has 1 N–H and O–H groups in total. The summed E-state index contributed by atoms with van der Waals surface area (Å²) in [7, 11) is 0. The minimum absolute atomic E-state index is 0.0241. The third-order valence-electron chi connectivity index (χ3n) is 10.3. The number of hydrogen-bond donors (Lipinski definition) is 1. The molecule has 1 aromatic heterocycles. The molecule has 14 heteroatoms. The van der Waals surface area contributed by atoms with Crippen LogP contribution >= 0.6 is 23.2 Å². The van der Waals surface area contributed by atoms with Crippen LogP contribution in [0.2, 0.25) is 10.0 Å². The summed E-state index contributed by atoms with van der Waals surface area (Å²) >= 11 is 12.9. The van der Waals surface area contributed by atoms with E-state index in [9.17, 15) is 18.4 Å². The zero-order valence-electron chi connectivity index (χ0n) is 29.8. The van der Waals surface area contributed by atoms with E-state index >= 15 is 4.39 Å². The van der Waals surface area contributed by atoms with Gasteiger partial charge in [-0.15, -0.1) is 0 Å². The predicted molar refractivity (Wildman–Crippen MR) is 199 cm³/mol. The van der Waals surface area contributed by atoms with Crippen molar-refractivity contribution in [1.29, 1.82) is 0 Å². The second kappa shape index (κ2) is 17.6. The first-order valence-corrected chi connectivity index (χ1v) is 19.1. The predicted octanol–water partition coefficient (Wildman–Crippen LogP) is 8.53. The number of pyridine rings is 1. The summed E-state index contributed by atoms with van der Waals surface area (Å²) < 4.78 is 64.3. The zero-order valence-corrected chi connectivity index (χ0v) is 31.3. The van der Waals surface area contributed by atoms with E-state index in [1.54, 1.807) is 42.5 Å². The summed E-state index contributed by atoms with van der Waals surface area (Å²) in [6.07, 6.45) is 5.47. The number of carbonyl (C=O) groups is 2. The summed E-state index contributed by atoms with van der Waals surface area (Å²) in [6.45, 7) is -0.0296. The molecule has 1 unspecified atom stereocenters. The largest absolute Gasteiger partial charge is 0.489 e. The quantitative estimate of drug-likeness (QED) is 0.112. The Labute approximate surface area is 327 Å². The number of nitrogens with zero attached hydrogens (tertiary/aromatic N) is 2. The SMILES string of the molecule is O=C(O[C@@H](Cc1c(Cl)cncc1Cl)c1ccc(OC(F)F)c(OCC2CC2)c1)c1cccc(CNC(C(=O)O[C@H]2CN3CCC2CC3)c2ccccc2F)c1. The molecule has 4 aliphatic rings. The average Bonchev–Trinajstić information content (AvgIpc) is 4.01. The fourth-order valence-electron chi connectivity index (χ4n) is 7.09. The summed E-state index contributed by atoms with van der Waals surface area (Å²) in [6, 6.07) is 16.0. The van der Waals surface area contributed by atoms with Crippen LogP contribution in [0.3, 0.4) is 0 Å². The molecule has 9 nitrogen and oxygen atoms in total. The molecule has 4 heterocycles. The third-order valence-corrected chi connectivity index (χ3v) is 11.0. The van der Waals surface area contributed by atoms with Crippen LogP contribution in [0.4, 0.5) is 13.2 Å². The van der Waals surface area contributed by atoms with Crippen molar-refractivity contribution in [2.45, 2.75) is 63.5 Å². The normalized spacial score (nSPS) is 20.1. The van der Waals surface area contributed by atoms with Crippen LogP contribution in [0.1, 0.15) is 70.4 Å². The molecule has 1 aliphatic carbocycles. The van der Waals surface area contributed by atoms with Crippen molar-refractivity contribution < 1.29 is 41.7 Å². The second-order valence-corrected chi connectivity index (χ2v) is 15.0. The van der Waals surface area contributed by atoms with Gasteiger partial charge in [-0.25, -0.2) is 14.0 Å². The summed E-state index contributed by atoms with van der Waals surface area (Å²) in [5.41, 5.74) is 1.86. The van der Waals surface area contributed by atoms with Crippen LogP contribution in [0.15, 0.2) is 79.1 Å². The number of esters is 2. The highest BCUT2D eigenvalue weighted by Crippen LogP contribution is 2.38. The van der Waals surface area contributed by atoms with E-state index in [0.717, 1.165) is 38.8 Å². The number of benzene rings is 3. The van der Waals surface area contributed by atoms with E-state index in [-0.39, 0.29) is 57.7 Å². The molecule has 3 aliphatic heterocycles. The third kappa shape index (κ3) is 9.91. The van der Waals surface area contributed by atoms with Gasteiger partial charge in [0.15, 0.2) is 11.5 Å². The van der Waals surface area contributed by atoms with Crippen molar-refractivity contribution in [2.24, 2.45) is 11.8 Å². The highest BCUT2D eigenvalue weighted by atomic mass is 35.5. The lowest BCUT2D eigenvalue weighted by atomic mass is 9.86. The summed E-state index contributed by atoms with van der Waals surface area (Å²) in [5.74, 6) is -1.27. The Morgan fingerprint density at radius 2 is 1.69 bits per heavy atom. The van der Waals surface area contributed by atoms with E-state index in [1.165, 1.54) is 36.7 Å². The Kier molecular flexibility index (Phi) is 12.5. The van der Waals surface area contributed by atoms with Gasteiger partial charge in [0.25, 0.3) is 0 Å². The van der Waals surface area contributed by atoms with Gasteiger partial charge in [-0.2, -0.15) is 8.78 Å². The van der Waals surface area contributed by atoms with Crippen molar-refractivity contribution in [2.75, 3.05) is 26.2 Å². The molecule has 55 heavy (non-hydrogen) atoms. The monoisotopic (exact) mass is 797 g/mol. The molecular weight excluding hydrogens is 758 g/mol. The Morgan fingerprint density at radius 1 is 0.927 bits per heavy atom. The Balaban J connectivity index is 1.10. The van der Waals surface area contributed by atoms with Gasteiger partial charge in [0.2, 0.25) is 0 Å². The maximum Gasteiger partial charge on any atom is 0.387 e. The van der Waals surface area contributed by atoms with Crippen LogP contribution in [0, 0.1) is 17.7 Å². The first-order chi connectivity index (χ1) is 26.6. The van der Waals surface area contributed by atoms with Crippen LogP contribution in [-0.4, -0.2) is 60.8 Å². The number of hydrogen-bond acceptors (Lipinski definition) is 9. The molecule has 0 amide bonds. The smallest absolute Gasteiger partial charge is 0.387 e. The molecule has 1 saturated carbocycles. The van der Waals surface area contributed by atoms with Crippen LogP contribution in [0.25, 0.3) is 0 Å². The Bertz CT molecular complexity index is 1970. The number of piperidine rings is 3. The van der Waals surface area contributed by atoms with Gasteiger partial charge in [0.1, 0.15) is 24.1 Å². The molecule has 0 radical (unpaired) electrons. The van der Waals surface area contributed by atoms with Gasteiger partial charge in [-0.3, -0.25) is 15.2 Å². The van der Waals surface area contributed by atoms with Gasteiger partial charge in [0.05, 0.1) is 22.2 Å². The van der Waals surface area contributed by atoms with Crippen molar-refractivity contribution in [3.05, 3.63) is 123 Å². The highest BCUT2D eigenvalue weighted by molar-refractivity contribution is 6.35. The van der Waals surface area contributed by atoms with E-state index in [1.807, 2.05) is 0 Å². The van der Waals surface area contributed by atoms with Crippen molar-refractivity contribution in [3.8, 4) is 11.5 Å². The number of fused-ring (bicyclic) bond motifs is 3. The number of aromatic nitrogens is 1. The lowest BCUT2D eigenvalue weighted by Crippen LogP contribution is -2.52. The zero-order chi connectivity index (χ0) is 38.5. The minimum atomic E-state index is -3.07. The Morgan fingerprint density at radius 3 is 2.38 bits per heavy atom. The molecule has 2 bridgehead atoms. The van der Waals surface area contributed by atoms with Gasteiger partial charge in [-0.1, -0.05) is 59.6 Å². The topological polar surface area (TPSA) is 99.2 Å². The van der Waals surface area contributed by atoms with Gasteiger partial charge < -0.3 is 18.9 Å². The minimum Gasteiger partial charge on any atom is -0.489 e. The van der Waals surface area contributed by atoms with Crippen molar-refractivity contribution >= 4 is 35.1 Å². The van der Waals surface area contributed by atoms with Gasteiger partial charge in [0, 0.05) is 37.5 Å². The molecule has 4 fully saturated rings. The number of rotatable bonds is 16. The first kappa shape index (κ1) is 38.9. The standard InChI is InChI=1S/C41H40Cl2F3N3O6/c42-31-20-47-21-32(43)30(31)18-35(27-10-11-34(55-41(45)46)36(17-27)52-23-24-8-9-24)53-39(50)28-5-3-4-25(16-28)19-48-38(29-6-1-2-7-33(29)44)40(51)54-37-22-49-14-12-26(37)13-15-49/h1-7,10-11,16-17,20-21,24,26,35,37-38,41,48H,8-9,12-15,18-19,22-23H2/t35-,37-,38?/m0/s1. The first-order valence-electron chi connectivity index (χ1n) is 18.3. The number of ether oxygens (including phenoxy) is 4. The van der Waals surface area contributed by atoms with Crippen LogP contribution < -0.4 is 14.8 Å². The maximum absolute atomic E-state index is 15.1. The fraction of sp³-hybridized carbons (Fsp3) is 0.390. The van der Waals surface area contributed by atoms with E-state index < -0.39 is 36.5 Å². The lowest BCUT2D eigenvalue weighted by Gasteiger charge is -2.44. The number of nitrogens with one attached hydrogen (secondary N) is 1. The van der Waals surface area contributed by atoms with E-state index in [2.05, 4.69) is 15.2 Å². The van der Waals surface area contributed by atoms with Gasteiger partial charge in [-0.05, 0) is 97.6 Å². The maximum atomic E-state index is 15.1. The molecule has 3 aromatic carbocycles. The molecule has 8 rings (SSSR count). The molecule has 3 atom stereocenters. The van der Waals surface area contributed by atoms with Crippen molar-refractivity contribution in [1.82, 2.24) is 15.2 Å². The van der Waals surface area contributed by atoms with E-state index in [4.69, 9.17) is 42.1 Å².